The molecule has 3 rings (SSSR count). The number of nitrogens with one attached hydrogen (secondary N) is 1. The summed E-state index contributed by atoms with van der Waals surface area (Å²) < 4.78 is 69.5. The van der Waals surface area contributed by atoms with E-state index in [4.69, 9.17) is 4.74 Å². The van der Waals surface area contributed by atoms with Gasteiger partial charge in [0.2, 0.25) is 5.01 Å². The molecular formula is C20H25F3N6O4S2. The maximum absolute atomic E-state index is 13.1. The number of carbonyl (C=O) groups is 1. The summed E-state index contributed by atoms with van der Waals surface area (Å²) in [6.45, 7) is 5.57. The number of nitrogens with zero attached hydrogens (tertiary/aromatic N) is 5. The first-order valence-electron chi connectivity index (χ1n) is 10.8. The average Bonchev–Trinajstić information content (AvgIpc) is 3.26. The summed E-state index contributed by atoms with van der Waals surface area (Å²) in [4.78, 5) is 14.0. The van der Waals surface area contributed by atoms with Crippen LogP contribution in [0, 0.1) is 0 Å². The Bertz CT molecular complexity index is 1220. The monoisotopic (exact) mass is 534 g/mol. The van der Waals surface area contributed by atoms with Gasteiger partial charge in [0, 0.05) is 18.8 Å². The summed E-state index contributed by atoms with van der Waals surface area (Å²) in [5, 5.41) is 15.1. The van der Waals surface area contributed by atoms with Gasteiger partial charge in [-0.1, -0.05) is 25.2 Å². The second kappa shape index (κ2) is 10.4. The maximum Gasteiger partial charge on any atom is 0.516 e. The van der Waals surface area contributed by atoms with Crippen LogP contribution in [-0.2, 0) is 21.2 Å². The van der Waals surface area contributed by atoms with Gasteiger partial charge >= 0.3 is 21.5 Å². The van der Waals surface area contributed by atoms with Crippen molar-refractivity contribution in [1.82, 2.24) is 10.2 Å². The molecule has 0 bridgehead atoms. The van der Waals surface area contributed by atoms with Crippen molar-refractivity contribution in [2.24, 2.45) is 10.2 Å². The molecule has 2 unspecified atom stereocenters. The van der Waals surface area contributed by atoms with E-state index in [1.54, 1.807) is 18.7 Å². The highest BCUT2D eigenvalue weighted by Crippen LogP contribution is 2.40. The third-order valence-corrected chi connectivity index (χ3v) is 7.49. The summed E-state index contributed by atoms with van der Waals surface area (Å²) in [6.07, 6.45) is 2.57. The molecule has 15 heteroatoms. The number of hydrogen-bond acceptors (Lipinski definition) is 10. The lowest BCUT2D eigenvalue weighted by Crippen LogP contribution is -2.35. The largest absolute Gasteiger partial charge is 0.516 e. The Balaban J connectivity index is 1.96. The Hall–Kier alpha value is -2.81. The van der Waals surface area contributed by atoms with Crippen LogP contribution in [0.2, 0.25) is 0 Å². The lowest BCUT2D eigenvalue weighted by molar-refractivity contribution is -0.0429. The van der Waals surface area contributed by atoms with Crippen molar-refractivity contribution in [3.63, 3.8) is 0 Å². The average molecular weight is 535 g/mol. The zero-order valence-electron chi connectivity index (χ0n) is 19.5. The zero-order valence-corrected chi connectivity index (χ0v) is 21.1. The molecule has 1 aromatic carbocycles. The molecule has 0 aliphatic carbocycles. The van der Waals surface area contributed by atoms with Gasteiger partial charge in [-0.05, 0) is 50.3 Å². The number of alkyl halides is 3. The standard InChI is InChI=1S/C20H25F3N6O4S2/c1-5-11(3)33-18(30)17-25-27-19(34-17)26-24-14-9-12-7-8-13(6-2)29(4)16(12)10-15(14)28-35(31,32)20(21,22)23/h9-11,13,28H,5-8H2,1-4H3. The number of esters is 1. The molecule has 0 spiro atoms. The Morgan fingerprint density at radius 3 is 2.66 bits per heavy atom. The first-order valence-corrected chi connectivity index (χ1v) is 13.1. The van der Waals surface area contributed by atoms with E-state index in [-0.39, 0.29) is 33.7 Å². The number of carbonyl (C=O) groups excluding carboxylic acids is 1. The van der Waals surface area contributed by atoms with E-state index >= 15 is 0 Å². The fourth-order valence-electron chi connectivity index (χ4n) is 3.46. The number of hydrogen-bond donors (Lipinski definition) is 1. The fraction of sp³-hybridized carbons (Fsp3) is 0.550. The minimum absolute atomic E-state index is 0.0494. The molecule has 0 radical (unpaired) electrons. The molecule has 35 heavy (non-hydrogen) atoms. The molecule has 0 fully saturated rings. The number of benzene rings is 1. The number of anilines is 2. The van der Waals surface area contributed by atoms with E-state index in [2.05, 4.69) is 20.4 Å². The van der Waals surface area contributed by atoms with Gasteiger partial charge in [-0.2, -0.15) is 21.6 Å². The predicted octanol–water partition coefficient (Wildman–Crippen LogP) is 5.33. The molecule has 2 atom stereocenters. The predicted molar refractivity (Wildman–Crippen MR) is 125 cm³/mol. The summed E-state index contributed by atoms with van der Waals surface area (Å²) in [5.74, 6) is -0.681. The van der Waals surface area contributed by atoms with Crippen LogP contribution in [0.5, 0.6) is 0 Å². The van der Waals surface area contributed by atoms with Crippen molar-refractivity contribution in [2.75, 3.05) is 16.7 Å². The van der Waals surface area contributed by atoms with Gasteiger partial charge in [0.1, 0.15) is 5.69 Å². The fourth-order valence-corrected chi connectivity index (χ4v) is 4.58. The molecule has 2 heterocycles. The normalized spacial score (nSPS) is 17.3. The first kappa shape index (κ1) is 26.8. The van der Waals surface area contributed by atoms with Gasteiger partial charge < -0.3 is 9.64 Å². The van der Waals surface area contributed by atoms with Crippen molar-refractivity contribution < 1.29 is 31.1 Å². The van der Waals surface area contributed by atoms with E-state index in [1.165, 1.54) is 12.1 Å². The number of aromatic nitrogens is 2. The molecule has 0 amide bonds. The van der Waals surface area contributed by atoms with Gasteiger partial charge in [0.15, 0.2) is 0 Å². The van der Waals surface area contributed by atoms with Crippen LogP contribution in [0.1, 0.15) is 55.4 Å². The molecule has 0 saturated carbocycles. The third kappa shape index (κ3) is 6.07. The van der Waals surface area contributed by atoms with Crippen molar-refractivity contribution >= 4 is 49.5 Å². The Kier molecular flexibility index (Phi) is 7.99. The number of azo groups is 1. The second-order valence-corrected chi connectivity index (χ2v) is 10.6. The molecule has 1 N–H and O–H groups in total. The molecule has 1 aliphatic heterocycles. The van der Waals surface area contributed by atoms with Crippen LogP contribution >= 0.6 is 11.3 Å². The van der Waals surface area contributed by atoms with Gasteiger partial charge in [-0.3, -0.25) is 4.72 Å². The number of rotatable bonds is 8. The molecule has 192 valence electrons. The molecule has 0 saturated heterocycles. The van der Waals surface area contributed by atoms with Crippen molar-refractivity contribution in [1.29, 1.82) is 0 Å². The van der Waals surface area contributed by atoms with Crippen LogP contribution in [-0.4, -0.2) is 49.3 Å². The molecule has 2 aromatic rings. The van der Waals surface area contributed by atoms with Crippen LogP contribution in [0.15, 0.2) is 22.4 Å². The van der Waals surface area contributed by atoms with Crippen LogP contribution in [0.25, 0.3) is 0 Å². The number of sulfonamides is 1. The molecule has 1 aliphatic rings. The lowest BCUT2D eigenvalue weighted by atomic mass is 9.94. The first-order chi connectivity index (χ1) is 16.4. The van der Waals surface area contributed by atoms with Gasteiger partial charge in [-0.25, -0.2) is 4.79 Å². The van der Waals surface area contributed by atoms with Crippen molar-refractivity contribution in [3.05, 3.63) is 22.7 Å². The smallest absolute Gasteiger partial charge is 0.457 e. The molecule has 1 aromatic heterocycles. The Morgan fingerprint density at radius 2 is 2.03 bits per heavy atom. The maximum atomic E-state index is 13.1. The second-order valence-electron chi connectivity index (χ2n) is 7.97. The summed E-state index contributed by atoms with van der Waals surface area (Å²) in [6, 6.07) is 2.98. The molecule has 10 nitrogen and oxygen atoms in total. The van der Waals surface area contributed by atoms with E-state index < -0.39 is 21.5 Å². The van der Waals surface area contributed by atoms with Crippen LogP contribution < -0.4 is 9.62 Å². The van der Waals surface area contributed by atoms with Gasteiger partial charge in [0.05, 0.1) is 11.8 Å². The highest BCUT2D eigenvalue weighted by atomic mass is 32.2. The summed E-state index contributed by atoms with van der Waals surface area (Å²) in [7, 11) is -3.90. The van der Waals surface area contributed by atoms with Crippen molar-refractivity contribution in [2.45, 2.75) is 64.1 Å². The lowest BCUT2D eigenvalue weighted by Gasteiger charge is -2.36. The van der Waals surface area contributed by atoms with E-state index in [1.807, 2.05) is 18.7 Å². The SMILES string of the molecule is CCC(C)OC(=O)c1nnc(N=Nc2cc3c(cc2NS(=O)(=O)C(F)(F)F)N(C)C(CC)CC3)s1. The minimum atomic E-state index is -5.70. The van der Waals surface area contributed by atoms with Crippen molar-refractivity contribution in [3.8, 4) is 0 Å². The van der Waals surface area contributed by atoms with E-state index in [0.717, 1.165) is 29.7 Å². The van der Waals surface area contributed by atoms with Crippen LogP contribution in [0.4, 0.5) is 35.4 Å². The summed E-state index contributed by atoms with van der Waals surface area (Å²) in [5.41, 5.74) is -4.63. The number of aryl methyl sites for hydroxylation is 1. The Morgan fingerprint density at radius 1 is 1.31 bits per heavy atom. The van der Waals surface area contributed by atoms with E-state index in [9.17, 15) is 26.4 Å². The zero-order chi connectivity index (χ0) is 26.0. The summed E-state index contributed by atoms with van der Waals surface area (Å²) >= 11 is 0.784. The number of ether oxygens (including phenoxy) is 1. The third-order valence-electron chi connectivity index (χ3n) is 5.61. The van der Waals surface area contributed by atoms with Gasteiger partial charge in [-0.15, -0.1) is 20.4 Å². The van der Waals surface area contributed by atoms with Gasteiger partial charge in [0.25, 0.3) is 5.13 Å². The Labute approximate surface area is 204 Å². The minimum Gasteiger partial charge on any atom is -0.457 e. The molecular weight excluding hydrogens is 509 g/mol. The van der Waals surface area contributed by atoms with E-state index in [0.29, 0.717) is 18.5 Å². The highest BCUT2D eigenvalue weighted by Gasteiger charge is 2.46. The number of fused-ring (bicyclic) bond motifs is 1. The van der Waals surface area contributed by atoms with Crippen LogP contribution in [0.3, 0.4) is 0 Å². The number of halogens is 3. The quantitative estimate of drug-likeness (QED) is 0.358. The highest BCUT2D eigenvalue weighted by molar-refractivity contribution is 7.93. The topological polar surface area (TPSA) is 126 Å².